The number of carbonyl (C=O) groups excluding carboxylic acids is 1. The summed E-state index contributed by atoms with van der Waals surface area (Å²) in [5.41, 5.74) is 1.12. The van der Waals surface area contributed by atoms with Gasteiger partial charge in [0.15, 0.2) is 5.15 Å². The first-order valence-corrected chi connectivity index (χ1v) is 11.6. The molecule has 1 aliphatic rings. The lowest BCUT2D eigenvalue weighted by Crippen LogP contribution is -2.19. The standard InChI is InChI=1S/C23H17ClN4O6S/c1-11-5-3-4-6-13(11)12(2)32-22(31)26-16-14(35-28-17(16)24)7-8-15-25-18-19(33-15)27-20(34-18)23(9-10-23)21(29)30/h3-6,12H,9-10H2,1-2H3,(H,26,31)(H,29,30). The molecule has 178 valence electrons. The number of amides is 1. The van der Waals surface area contributed by atoms with Crippen molar-refractivity contribution in [3.05, 3.63) is 57.2 Å². The molecule has 3 aromatic heterocycles. The highest BCUT2D eigenvalue weighted by molar-refractivity contribution is 7.07. The highest BCUT2D eigenvalue weighted by Gasteiger charge is 2.56. The predicted molar refractivity (Wildman–Crippen MR) is 125 cm³/mol. The number of nitrogens with zero attached hydrogens (tertiary/aromatic N) is 3. The zero-order valence-corrected chi connectivity index (χ0v) is 20.0. The molecule has 1 unspecified atom stereocenters. The topological polar surface area (TPSA) is 141 Å². The minimum absolute atomic E-state index is 0.00389. The van der Waals surface area contributed by atoms with Crippen molar-refractivity contribution in [2.24, 2.45) is 0 Å². The summed E-state index contributed by atoms with van der Waals surface area (Å²) >= 11 is 7.12. The first-order chi connectivity index (χ1) is 16.8. The number of ether oxygens (including phenoxy) is 1. The molecule has 0 bridgehead atoms. The number of nitrogens with one attached hydrogen (secondary N) is 1. The van der Waals surface area contributed by atoms with E-state index in [-0.39, 0.29) is 34.0 Å². The van der Waals surface area contributed by atoms with Gasteiger partial charge in [0.1, 0.15) is 22.1 Å². The molecule has 1 saturated carbocycles. The summed E-state index contributed by atoms with van der Waals surface area (Å²) in [4.78, 5) is 32.5. The normalized spacial score (nSPS) is 14.7. The van der Waals surface area contributed by atoms with E-state index in [0.717, 1.165) is 22.7 Å². The molecule has 1 aliphatic carbocycles. The summed E-state index contributed by atoms with van der Waals surface area (Å²) in [6.45, 7) is 3.71. The SMILES string of the molecule is Cc1ccccc1C(C)OC(=O)Nc1c(Cl)nsc1C#Cc1nc2oc(C3(C(=O)O)CC3)nc2o1. The third-order valence-corrected chi connectivity index (χ3v) is 6.75. The number of rotatable bonds is 5. The maximum Gasteiger partial charge on any atom is 0.412 e. The van der Waals surface area contributed by atoms with Gasteiger partial charge in [-0.15, -0.1) is 0 Å². The number of aliphatic carboxylic acids is 1. The molecule has 12 heteroatoms. The van der Waals surface area contributed by atoms with E-state index >= 15 is 0 Å². The van der Waals surface area contributed by atoms with E-state index in [1.54, 1.807) is 6.92 Å². The van der Waals surface area contributed by atoms with Crippen LogP contribution in [0.3, 0.4) is 0 Å². The Morgan fingerprint density at radius 1 is 1.23 bits per heavy atom. The van der Waals surface area contributed by atoms with E-state index in [4.69, 9.17) is 25.2 Å². The summed E-state index contributed by atoms with van der Waals surface area (Å²) < 4.78 is 20.5. The lowest BCUT2D eigenvalue weighted by atomic mass is 10.1. The van der Waals surface area contributed by atoms with E-state index in [1.807, 2.05) is 31.2 Å². The van der Waals surface area contributed by atoms with Gasteiger partial charge < -0.3 is 18.7 Å². The molecule has 1 fully saturated rings. The van der Waals surface area contributed by atoms with Crippen molar-refractivity contribution in [2.45, 2.75) is 38.2 Å². The molecule has 4 aromatic rings. The molecule has 0 spiro atoms. The van der Waals surface area contributed by atoms with Gasteiger partial charge in [-0.05, 0) is 61.2 Å². The summed E-state index contributed by atoms with van der Waals surface area (Å²) in [6, 6.07) is 7.61. The van der Waals surface area contributed by atoms with E-state index < -0.39 is 23.6 Å². The Labute approximate surface area is 207 Å². The van der Waals surface area contributed by atoms with Crippen molar-refractivity contribution in [3.63, 3.8) is 0 Å². The minimum Gasteiger partial charge on any atom is -0.480 e. The van der Waals surface area contributed by atoms with Crippen LogP contribution in [0.25, 0.3) is 11.4 Å². The number of oxazole rings is 2. The predicted octanol–water partition coefficient (Wildman–Crippen LogP) is 5.06. The number of aromatic nitrogens is 3. The second kappa shape index (κ2) is 8.72. The fourth-order valence-electron chi connectivity index (χ4n) is 3.52. The maximum absolute atomic E-state index is 12.5. The van der Waals surface area contributed by atoms with Crippen LogP contribution >= 0.6 is 23.1 Å². The molecular formula is C23H17ClN4O6S. The number of fused-ring (bicyclic) bond motifs is 1. The van der Waals surface area contributed by atoms with E-state index in [1.165, 1.54) is 0 Å². The number of hydrogen-bond acceptors (Lipinski definition) is 9. The lowest BCUT2D eigenvalue weighted by Gasteiger charge is -2.16. The summed E-state index contributed by atoms with van der Waals surface area (Å²) in [5, 5.41) is 12.0. The van der Waals surface area contributed by atoms with Crippen molar-refractivity contribution in [1.29, 1.82) is 0 Å². The fourth-order valence-corrected chi connectivity index (χ4v) is 4.42. The zero-order chi connectivity index (χ0) is 24.7. The lowest BCUT2D eigenvalue weighted by molar-refractivity contribution is -0.140. The Balaban J connectivity index is 1.30. The highest BCUT2D eigenvalue weighted by Crippen LogP contribution is 2.48. The Morgan fingerprint density at radius 2 is 1.97 bits per heavy atom. The van der Waals surface area contributed by atoms with Crippen molar-refractivity contribution in [3.8, 4) is 11.8 Å². The van der Waals surface area contributed by atoms with Gasteiger partial charge in [0.05, 0.1) is 0 Å². The van der Waals surface area contributed by atoms with Crippen LogP contribution < -0.4 is 5.32 Å². The number of carboxylic acid groups (broad SMARTS) is 1. The molecule has 1 amide bonds. The molecule has 0 radical (unpaired) electrons. The van der Waals surface area contributed by atoms with Crippen LogP contribution in [0.4, 0.5) is 10.5 Å². The average molecular weight is 513 g/mol. The molecular weight excluding hydrogens is 496 g/mol. The summed E-state index contributed by atoms with van der Waals surface area (Å²) in [5.74, 6) is 4.60. The van der Waals surface area contributed by atoms with E-state index in [9.17, 15) is 14.7 Å². The molecule has 3 heterocycles. The number of carboxylic acids is 1. The molecule has 2 N–H and O–H groups in total. The second-order valence-electron chi connectivity index (χ2n) is 7.99. The highest BCUT2D eigenvalue weighted by atomic mass is 35.5. The number of aryl methyl sites for hydroxylation is 1. The number of anilines is 1. The molecule has 0 saturated heterocycles. The van der Waals surface area contributed by atoms with Crippen LogP contribution in [0, 0.1) is 18.8 Å². The van der Waals surface area contributed by atoms with Crippen LogP contribution in [0.1, 0.15) is 53.7 Å². The third-order valence-electron chi connectivity index (χ3n) is 5.62. The van der Waals surface area contributed by atoms with Crippen molar-refractivity contribution >= 4 is 52.3 Å². The van der Waals surface area contributed by atoms with Gasteiger partial charge >= 0.3 is 12.1 Å². The number of carbonyl (C=O) groups is 2. The summed E-state index contributed by atoms with van der Waals surface area (Å²) in [6.07, 6.45) is -0.283. The first-order valence-electron chi connectivity index (χ1n) is 10.5. The van der Waals surface area contributed by atoms with E-state index in [0.29, 0.717) is 17.7 Å². The molecule has 1 aromatic carbocycles. The molecule has 5 rings (SSSR count). The fraction of sp³-hybridized carbons (Fsp3) is 0.261. The third kappa shape index (κ3) is 4.34. The average Bonchev–Trinajstić information content (AvgIpc) is 3.25. The van der Waals surface area contributed by atoms with Gasteiger partial charge in [-0.25, -0.2) is 4.79 Å². The zero-order valence-electron chi connectivity index (χ0n) is 18.4. The van der Waals surface area contributed by atoms with Crippen LogP contribution in [0.5, 0.6) is 0 Å². The van der Waals surface area contributed by atoms with Crippen LogP contribution in [0.2, 0.25) is 5.15 Å². The molecule has 1 atom stereocenters. The van der Waals surface area contributed by atoms with E-state index in [2.05, 4.69) is 31.5 Å². The summed E-state index contributed by atoms with van der Waals surface area (Å²) in [7, 11) is 0. The van der Waals surface area contributed by atoms with Crippen LogP contribution in [-0.4, -0.2) is 31.5 Å². The van der Waals surface area contributed by atoms with Crippen molar-refractivity contribution in [1.82, 2.24) is 14.3 Å². The van der Waals surface area contributed by atoms with Gasteiger partial charge in [0, 0.05) is 0 Å². The first kappa shape index (κ1) is 22.9. The Bertz CT molecular complexity index is 1490. The second-order valence-corrected chi connectivity index (χ2v) is 9.12. The molecule has 35 heavy (non-hydrogen) atoms. The van der Waals surface area contributed by atoms with Gasteiger partial charge in [-0.2, -0.15) is 14.3 Å². The largest absolute Gasteiger partial charge is 0.480 e. The smallest absolute Gasteiger partial charge is 0.412 e. The Kier molecular flexibility index (Phi) is 5.70. The Hall–Kier alpha value is -3.88. The van der Waals surface area contributed by atoms with Gasteiger partial charge in [-0.1, -0.05) is 35.9 Å². The maximum atomic E-state index is 12.5. The molecule has 0 aliphatic heterocycles. The van der Waals surface area contributed by atoms with Crippen LogP contribution in [-0.2, 0) is 14.9 Å². The van der Waals surface area contributed by atoms with Crippen LogP contribution in [0.15, 0.2) is 33.1 Å². The number of hydrogen-bond donors (Lipinski definition) is 2. The Morgan fingerprint density at radius 3 is 2.66 bits per heavy atom. The van der Waals surface area contributed by atoms with Gasteiger partial charge in [0.25, 0.3) is 17.3 Å². The van der Waals surface area contributed by atoms with Gasteiger partial charge in [-0.3, -0.25) is 10.1 Å². The quantitative estimate of drug-likeness (QED) is 0.351. The molecule has 10 nitrogen and oxygen atoms in total. The van der Waals surface area contributed by atoms with Gasteiger partial charge in [0.2, 0.25) is 5.89 Å². The van der Waals surface area contributed by atoms with Crippen molar-refractivity contribution < 1.29 is 28.3 Å². The minimum atomic E-state index is -1.10. The monoisotopic (exact) mass is 512 g/mol. The van der Waals surface area contributed by atoms with Crippen molar-refractivity contribution in [2.75, 3.05) is 5.32 Å². The number of benzene rings is 1. The number of halogens is 1.